The normalized spacial score (nSPS) is 19.0. The van der Waals surface area contributed by atoms with Crippen LogP contribution >= 0.6 is 22.6 Å². The molecule has 0 radical (unpaired) electrons. The highest BCUT2D eigenvalue weighted by molar-refractivity contribution is 14.1. The Kier molecular flexibility index (Phi) is 5.25. The fraction of sp³-hybridized carbons (Fsp3) is 0.533. The summed E-state index contributed by atoms with van der Waals surface area (Å²) < 4.78 is 6.16. The minimum Gasteiger partial charge on any atom is -0.436 e. The van der Waals surface area contributed by atoms with E-state index in [-0.39, 0.29) is 5.91 Å². The molecule has 120 valence electrons. The third-order valence-corrected chi connectivity index (χ3v) is 3.78. The molecule has 1 aromatic rings. The summed E-state index contributed by atoms with van der Waals surface area (Å²) >= 11 is 2.11. The van der Waals surface area contributed by atoms with E-state index in [2.05, 4.69) is 32.9 Å². The van der Waals surface area contributed by atoms with Gasteiger partial charge in [-0.25, -0.2) is 9.78 Å². The van der Waals surface area contributed by atoms with Crippen LogP contribution in [0.15, 0.2) is 18.3 Å². The van der Waals surface area contributed by atoms with E-state index in [0.29, 0.717) is 13.0 Å². The number of nitrogens with zero attached hydrogens (tertiary/aromatic N) is 2. The fourth-order valence-corrected chi connectivity index (χ4v) is 2.52. The number of piperidine rings is 1. The number of anilines is 1. The first-order chi connectivity index (χ1) is 10.3. The van der Waals surface area contributed by atoms with Crippen LogP contribution in [0, 0.1) is 3.70 Å². The molecule has 2 heterocycles. The van der Waals surface area contributed by atoms with Crippen LogP contribution in [-0.4, -0.2) is 35.2 Å². The van der Waals surface area contributed by atoms with Crippen LogP contribution in [0.2, 0.25) is 0 Å². The first kappa shape index (κ1) is 17.0. The van der Waals surface area contributed by atoms with Gasteiger partial charge in [0.2, 0.25) is 0 Å². The highest BCUT2D eigenvalue weighted by atomic mass is 127. The van der Waals surface area contributed by atoms with E-state index in [1.54, 1.807) is 11.1 Å². The van der Waals surface area contributed by atoms with Crippen molar-refractivity contribution in [3.63, 3.8) is 0 Å². The lowest BCUT2D eigenvalue weighted by Gasteiger charge is -2.32. The number of halogens is 1. The van der Waals surface area contributed by atoms with Gasteiger partial charge in [0.05, 0.1) is 11.9 Å². The van der Waals surface area contributed by atoms with Crippen molar-refractivity contribution in [1.82, 2.24) is 10.3 Å². The average Bonchev–Trinajstić information content (AvgIpc) is 2.40. The molecule has 0 unspecified atom stereocenters. The van der Waals surface area contributed by atoms with Crippen molar-refractivity contribution in [1.29, 1.82) is 0 Å². The Labute approximate surface area is 143 Å². The molecular formula is C15H20IN3O3. The second-order valence-corrected chi connectivity index (χ2v) is 7.35. The molecular weight excluding hydrogens is 397 g/mol. The predicted molar refractivity (Wildman–Crippen MR) is 91.7 cm³/mol. The van der Waals surface area contributed by atoms with Gasteiger partial charge in [0.1, 0.15) is 3.70 Å². The Morgan fingerprint density at radius 1 is 1.45 bits per heavy atom. The van der Waals surface area contributed by atoms with E-state index in [1.165, 1.54) is 0 Å². The number of amides is 2. The Balaban J connectivity index is 2.04. The highest BCUT2D eigenvalue weighted by Crippen LogP contribution is 2.22. The zero-order chi connectivity index (χ0) is 16.3. The lowest BCUT2D eigenvalue weighted by molar-refractivity contribution is -0.128. The Hall–Kier alpha value is -1.38. The Morgan fingerprint density at radius 3 is 2.77 bits per heavy atom. The smallest absolute Gasteiger partial charge is 0.408 e. The summed E-state index contributed by atoms with van der Waals surface area (Å²) in [6.07, 6.45) is 1.69. The quantitative estimate of drug-likeness (QED) is 0.594. The molecule has 0 bridgehead atoms. The summed E-state index contributed by atoms with van der Waals surface area (Å²) in [7, 11) is 0. The highest BCUT2D eigenvalue weighted by Gasteiger charge is 2.33. The molecule has 1 N–H and O–H groups in total. The minimum absolute atomic E-state index is 0.196. The molecule has 7 heteroatoms. The number of hydrogen-bond acceptors (Lipinski definition) is 4. The maximum absolute atomic E-state index is 12.5. The Morgan fingerprint density at radius 2 is 2.18 bits per heavy atom. The molecule has 1 aliphatic heterocycles. The summed E-state index contributed by atoms with van der Waals surface area (Å²) in [5.74, 6) is -0.196. The third-order valence-electron chi connectivity index (χ3n) is 3.14. The van der Waals surface area contributed by atoms with E-state index < -0.39 is 17.7 Å². The predicted octanol–water partition coefficient (Wildman–Crippen LogP) is 2.71. The molecule has 6 nitrogen and oxygen atoms in total. The summed E-state index contributed by atoms with van der Waals surface area (Å²) in [6, 6.07) is 3.70. The number of nitrogens with one attached hydrogen (secondary N) is 1. The molecule has 1 aliphatic rings. The number of aromatic nitrogens is 1. The number of pyridine rings is 1. The zero-order valence-corrected chi connectivity index (χ0v) is 15.1. The van der Waals surface area contributed by atoms with Gasteiger partial charge in [-0.3, -0.25) is 4.79 Å². The van der Waals surface area contributed by atoms with Gasteiger partial charge in [0.15, 0.2) is 6.10 Å². The molecule has 1 atom stereocenters. The van der Waals surface area contributed by atoms with Crippen molar-refractivity contribution in [2.75, 3.05) is 11.4 Å². The molecule has 0 saturated carbocycles. The first-order valence-electron chi connectivity index (χ1n) is 7.18. The van der Waals surface area contributed by atoms with Crippen LogP contribution in [0.4, 0.5) is 10.5 Å². The number of carbonyl (C=O) groups is 2. The standard InChI is InChI=1S/C15H20IN3O3/c1-15(2,3)18-14(21)22-11-5-4-8-19(13(11)20)10-6-7-12(16)17-9-10/h6-7,9,11H,4-5,8H2,1-3H3,(H,18,21)/t11-/m1/s1. The van der Waals surface area contributed by atoms with Crippen LogP contribution in [0.5, 0.6) is 0 Å². The second-order valence-electron chi connectivity index (χ2n) is 6.24. The summed E-state index contributed by atoms with van der Waals surface area (Å²) in [6.45, 7) is 6.20. The van der Waals surface area contributed by atoms with Crippen molar-refractivity contribution >= 4 is 40.3 Å². The maximum atomic E-state index is 12.5. The fourth-order valence-electron chi connectivity index (χ4n) is 2.20. The molecule has 2 amide bonds. The van der Waals surface area contributed by atoms with E-state index in [0.717, 1.165) is 15.8 Å². The van der Waals surface area contributed by atoms with Crippen molar-refractivity contribution in [3.05, 3.63) is 22.0 Å². The SMILES string of the molecule is CC(C)(C)NC(=O)O[C@@H]1CCCN(c2ccc(I)nc2)C1=O. The van der Waals surface area contributed by atoms with Gasteiger partial charge in [0, 0.05) is 12.1 Å². The van der Waals surface area contributed by atoms with Crippen LogP contribution in [0.3, 0.4) is 0 Å². The zero-order valence-electron chi connectivity index (χ0n) is 12.9. The number of ether oxygens (including phenoxy) is 1. The van der Waals surface area contributed by atoms with E-state index in [4.69, 9.17) is 4.74 Å². The van der Waals surface area contributed by atoms with Crippen molar-refractivity contribution in [3.8, 4) is 0 Å². The molecule has 0 aliphatic carbocycles. The first-order valence-corrected chi connectivity index (χ1v) is 8.26. The van der Waals surface area contributed by atoms with Gasteiger partial charge >= 0.3 is 6.09 Å². The van der Waals surface area contributed by atoms with Crippen molar-refractivity contribution in [2.45, 2.75) is 45.3 Å². The lowest BCUT2D eigenvalue weighted by atomic mass is 10.1. The number of alkyl carbamates (subject to hydrolysis) is 1. The van der Waals surface area contributed by atoms with Crippen molar-refractivity contribution in [2.24, 2.45) is 0 Å². The average molecular weight is 417 g/mol. The number of rotatable bonds is 2. The summed E-state index contributed by atoms with van der Waals surface area (Å²) in [4.78, 5) is 30.2. The Bertz CT molecular complexity index is 554. The van der Waals surface area contributed by atoms with Crippen molar-refractivity contribution < 1.29 is 14.3 Å². The van der Waals surface area contributed by atoms with Crippen LogP contribution < -0.4 is 10.2 Å². The van der Waals surface area contributed by atoms with Gasteiger partial charge in [-0.2, -0.15) is 0 Å². The summed E-state index contributed by atoms with van der Waals surface area (Å²) in [5, 5.41) is 2.70. The number of carbonyl (C=O) groups excluding carboxylic acids is 2. The van der Waals surface area contributed by atoms with Crippen LogP contribution in [0.1, 0.15) is 33.6 Å². The minimum atomic E-state index is -0.740. The van der Waals surface area contributed by atoms with Crippen LogP contribution in [0.25, 0.3) is 0 Å². The molecule has 2 rings (SSSR count). The number of hydrogen-bond donors (Lipinski definition) is 1. The van der Waals surface area contributed by atoms with Gasteiger partial charge in [-0.05, 0) is 68.3 Å². The largest absolute Gasteiger partial charge is 0.436 e. The van der Waals surface area contributed by atoms with Gasteiger partial charge in [-0.15, -0.1) is 0 Å². The van der Waals surface area contributed by atoms with Gasteiger partial charge < -0.3 is 15.0 Å². The third kappa shape index (κ3) is 4.56. The van der Waals surface area contributed by atoms with Gasteiger partial charge in [0.25, 0.3) is 5.91 Å². The van der Waals surface area contributed by atoms with Gasteiger partial charge in [-0.1, -0.05) is 0 Å². The monoisotopic (exact) mass is 417 g/mol. The molecule has 1 fully saturated rings. The second kappa shape index (κ2) is 6.80. The van der Waals surface area contributed by atoms with E-state index >= 15 is 0 Å². The lowest BCUT2D eigenvalue weighted by Crippen LogP contribution is -2.49. The molecule has 1 aromatic heterocycles. The molecule has 22 heavy (non-hydrogen) atoms. The summed E-state index contributed by atoms with van der Waals surface area (Å²) in [5.41, 5.74) is 0.337. The maximum Gasteiger partial charge on any atom is 0.408 e. The molecule has 0 spiro atoms. The topological polar surface area (TPSA) is 71.5 Å². The molecule has 0 aromatic carbocycles. The van der Waals surface area contributed by atoms with Crippen LogP contribution in [-0.2, 0) is 9.53 Å². The van der Waals surface area contributed by atoms with E-state index in [1.807, 2.05) is 32.9 Å². The van der Waals surface area contributed by atoms with E-state index in [9.17, 15) is 9.59 Å². The molecule has 1 saturated heterocycles.